The number of allylic oxidation sites excluding steroid dienone is 7. The highest BCUT2D eigenvalue weighted by Crippen LogP contribution is 2.52. The molecule has 0 aromatic heterocycles. The van der Waals surface area contributed by atoms with Crippen LogP contribution in [0.25, 0.3) is 68.1 Å². The van der Waals surface area contributed by atoms with E-state index in [0.29, 0.717) is 0 Å². The number of nitrogens with zero attached hydrogens (tertiary/aromatic N) is 2. The quantitative estimate of drug-likeness (QED) is 0.126. The molecule has 0 saturated heterocycles. The van der Waals surface area contributed by atoms with E-state index in [0.717, 1.165) is 12.8 Å². The van der Waals surface area contributed by atoms with Crippen molar-refractivity contribution in [3.63, 3.8) is 0 Å². The zero-order chi connectivity index (χ0) is 44.6. The average molecular weight is 859 g/mol. The summed E-state index contributed by atoms with van der Waals surface area (Å²) in [5.74, 6) is 0.260. The largest absolute Gasteiger partial charge is 0.332 e. The van der Waals surface area contributed by atoms with E-state index < -0.39 is 0 Å². The average Bonchev–Trinajstić information content (AvgIpc) is 3.49. The number of anilines is 4. The van der Waals surface area contributed by atoms with Crippen LogP contribution < -0.4 is 9.80 Å². The fourth-order valence-electron chi connectivity index (χ4n) is 11.7. The molecule has 2 aliphatic heterocycles. The predicted molar refractivity (Wildman–Crippen MR) is 286 cm³/mol. The molecule has 5 aliphatic rings. The monoisotopic (exact) mass is 858 g/mol. The molecule has 2 atom stereocenters. The summed E-state index contributed by atoms with van der Waals surface area (Å²) in [7, 11) is 0. The number of hydrogen-bond donors (Lipinski definition) is 0. The first-order chi connectivity index (χ1) is 33.0. The van der Waals surface area contributed by atoms with Gasteiger partial charge in [-0.25, -0.2) is 0 Å². The van der Waals surface area contributed by atoms with Gasteiger partial charge >= 0.3 is 0 Å². The second-order valence-corrected chi connectivity index (χ2v) is 19.1. The molecular formula is C65H50N2. The molecule has 8 aromatic rings. The lowest BCUT2D eigenvalue weighted by atomic mass is 9.81. The second-order valence-electron chi connectivity index (χ2n) is 19.1. The summed E-state index contributed by atoms with van der Waals surface area (Å²) in [6.45, 7) is 4.79. The minimum absolute atomic E-state index is 0.153. The van der Waals surface area contributed by atoms with Crippen LogP contribution in [0.4, 0.5) is 22.7 Å². The number of hydrogen-bond acceptors (Lipinski definition) is 2. The Bertz CT molecular complexity index is 3510. The highest BCUT2D eigenvalue weighted by Gasteiger charge is 2.37. The van der Waals surface area contributed by atoms with Crippen molar-refractivity contribution < 1.29 is 0 Å². The van der Waals surface area contributed by atoms with E-state index in [1.54, 1.807) is 0 Å². The lowest BCUT2D eigenvalue weighted by Crippen LogP contribution is -2.35. The van der Waals surface area contributed by atoms with E-state index in [2.05, 4.69) is 254 Å². The molecule has 0 radical (unpaired) electrons. The lowest BCUT2D eigenvalue weighted by Gasteiger charge is -2.37. The van der Waals surface area contributed by atoms with Gasteiger partial charge < -0.3 is 9.80 Å². The zero-order valence-electron chi connectivity index (χ0n) is 37.9. The van der Waals surface area contributed by atoms with Gasteiger partial charge in [0.25, 0.3) is 0 Å². The van der Waals surface area contributed by atoms with Gasteiger partial charge in [0.15, 0.2) is 0 Å². The molecule has 0 saturated carbocycles. The first-order valence-corrected chi connectivity index (χ1v) is 23.9. The summed E-state index contributed by atoms with van der Waals surface area (Å²) in [4.78, 5) is 5.12. The van der Waals surface area contributed by atoms with Crippen LogP contribution >= 0.6 is 0 Å². The first-order valence-electron chi connectivity index (χ1n) is 23.9. The lowest BCUT2D eigenvalue weighted by molar-refractivity contribution is 0.660. The van der Waals surface area contributed by atoms with Gasteiger partial charge in [-0.15, -0.1) is 0 Å². The molecule has 0 spiro atoms. The van der Waals surface area contributed by atoms with E-state index >= 15 is 0 Å². The molecule has 0 amide bonds. The van der Waals surface area contributed by atoms with Gasteiger partial charge in [-0.3, -0.25) is 0 Å². The number of rotatable bonds is 5. The molecule has 3 aliphatic carbocycles. The Morgan fingerprint density at radius 3 is 1.94 bits per heavy atom. The van der Waals surface area contributed by atoms with Crippen LogP contribution in [0.5, 0.6) is 0 Å². The van der Waals surface area contributed by atoms with Gasteiger partial charge in [0, 0.05) is 39.2 Å². The van der Waals surface area contributed by atoms with Crippen molar-refractivity contribution >= 4 is 68.6 Å². The van der Waals surface area contributed by atoms with Gasteiger partial charge in [-0.2, -0.15) is 0 Å². The summed E-state index contributed by atoms with van der Waals surface area (Å²) < 4.78 is 0. The number of benzene rings is 8. The first kappa shape index (κ1) is 39.4. The third-order valence-corrected chi connectivity index (χ3v) is 15.0. The molecule has 2 heterocycles. The van der Waals surface area contributed by atoms with Crippen LogP contribution in [-0.4, -0.2) is 6.04 Å². The Balaban J connectivity index is 0.832. The summed E-state index contributed by atoms with van der Waals surface area (Å²) in [5.41, 5.74) is 20.3. The SMILES string of the molecule is CC1(C)c2cc(/C=C/c3ccc(-c4c5ccccc5c(N5c6ccccc6C=CC6C=CC=CC65)c5ccccc45)cc3)ccc2-c2ccc(N3C4=C(C=CCC4)C=Cc4ccccc43)cc21. The van der Waals surface area contributed by atoms with Crippen LogP contribution in [0.1, 0.15) is 60.1 Å². The normalized spacial score (nSPS) is 18.4. The molecular weight excluding hydrogens is 809 g/mol. The molecule has 8 aromatic carbocycles. The third-order valence-electron chi connectivity index (χ3n) is 15.0. The van der Waals surface area contributed by atoms with E-state index in [1.165, 1.54) is 111 Å². The molecule has 2 heteroatoms. The second kappa shape index (κ2) is 15.6. The van der Waals surface area contributed by atoms with Crippen molar-refractivity contribution in [1.82, 2.24) is 0 Å². The fourth-order valence-corrected chi connectivity index (χ4v) is 11.7. The Morgan fingerprint density at radius 1 is 0.537 bits per heavy atom. The highest BCUT2D eigenvalue weighted by atomic mass is 15.2. The van der Waals surface area contributed by atoms with Crippen molar-refractivity contribution in [2.24, 2.45) is 5.92 Å². The van der Waals surface area contributed by atoms with Crippen molar-refractivity contribution in [2.75, 3.05) is 9.80 Å². The third kappa shape index (κ3) is 6.38. The maximum Gasteiger partial charge on any atom is 0.0623 e. The van der Waals surface area contributed by atoms with Gasteiger partial charge in [0.1, 0.15) is 0 Å². The Labute approximate surface area is 393 Å². The molecule has 67 heavy (non-hydrogen) atoms. The minimum Gasteiger partial charge on any atom is -0.332 e. The van der Waals surface area contributed by atoms with Crippen molar-refractivity contribution in [3.05, 3.63) is 251 Å². The molecule has 0 N–H and O–H groups in total. The molecule has 2 nitrogen and oxygen atoms in total. The molecule has 320 valence electrons. The van der Waals surface area contributed by atoms with Crippen LogP contribution in [0.15, 0.2) is 218 Å². The van der Waals surface area contributed by atoms with E-state index in [-0.39, 0.29) is 17.4 Å². The maximum absolute atomic E-state index is 2.60. The van der Waals surface area contributed by atoms with E-state index in [4.69, 9.17) is 0 Å². The van der Waals surface area contributed by atoms with Gasteiger partial charge in [0.05, 0.1) is 17.4 Å². The Morgan fingerprint density at radius 2 is 1.16 bits per heavy atom. The van der Waals surface area contributed by atoms with Crippen molar-refractivity contribution in [3.8, 4) is 22.3 Å². The summed E-state index contributed by atoms with van der Waals surface area (Å²) in [6.07, 6.45) is 29.6. The van der Waals surface area contributed by atoms with Crippen molar-refractivity contribution in [1.29, 1.82) is 0 Å². The van der Waals surface area contributed by atoms with Crippen LogP contribution in [0.2, 0.25) is 0 Å². The molecule has 0 bridgehead atoms. The zero-order valence-corrected chi connectivity index (χ0v) is 37.9. The van der Waals surface area contributed by atoms with Crippen LogP contribution in [-0.2, 0) is 5.41 Å². The summed E-state index contributed by atoms with van der Waals surface area (Å²) >= 11 is 0. The Kier molecular flexibility index (Phi) is 9.18. The molecule has 2 unspecified atom stereocenters. The summed E-state index contributed by atoms with van der Waals surface area (Å²) in [5, 5.41) is 5.04. The van der Waals surface area contributed by atoms with E-state index in [9.17, 15) is 0 Å². The minimum atomic E-state index is -0.153. The van der Waals surface area contributed by atoms with Crippen molar-refractivity contribution in [2.45, 2.75) is 38.1 Å². The van der Waals surface area contributed by atoms with Gasteiger partial charge in [-0.05, 0) is 109 Å². The highest BCUT2D eigenvalue weighted by molar-refractivity contribution is 6.21. The predicted octanol–water partition coefficient (Wildman–Crippen LogP) is 17.2. The van der Waals surface area contributed by atoms with E-state index in [1.807, 2.05) is 0 Å². The number of fused-ring (bicyclic) bond motifs is 8. The fraction of sp³-hybridized carbons (Fsp3) is 0.108. The molecule has 13 rings (SSSR count). The standard InChI is InChI=1S/C65H50N2/c1-65(2)57-41-44(31-39-51(57)52-40-38-50(42-58(52)65)66-59-23-11-3-15-45(59)34-35-46-16-4-12-24-60(46)66)28-27-43-29-32-49(33-30-43)63-53-19-7-9-21-55(53)64(56-22-10-8-20-54(56)63)67-61-25-13-5-17-47(61)36-37-48-18-6-14-26-62(48)67/h3-11,13-23,25-42,47,61H,12,24H2,1-2H3/b28-27+. The topological polar surface area (TPSA) is 6.48 Å². The maximum atomic E-state index is 2.60. The van der Waals surface area contributed by atoms with Crippen LogP contribution in [0.3, 0.4) is 0 Å². The Hall–Kier alpha value is -7.94. The van der Waals surface area contributed by atoms with Gasteiger partial charge in [0.2, 0.25) is 0 Å². The van der Waals surface area contributed by atoms with Gasteiger partial charge in [-0.1, -0.05) is 220 Å². The number of para-hydroxylation sites is 2. The smallest absolute Gasteiger partial charge is 0.0623 e. The summed E-state index contributed by atoms with van der Waals surface area (Å²) in [6, 6.07) is 59.2. The van der Waals surface area contributed by atoms with Crippen LogP contribution in [0, 0.1) is 5.92 Å². The molecule has 0 fully saturated rings.